The Bertz CT molecular complexity index is 1220. The summed E-state index contributed by atoms with van der Waals surface area (Å²) in [6, 6.07) is 19.4. The van der Waals surface area contributed by atoms with Gasteiger partial charge in [0.05, 0.1) is 5.56 Å². The van der Waals surface area contributed by atoms with Crippen LogP contribution in [0.5, 0.6) is 5.75 Å². The molecule has 1 heterocycles. The second-order valence-corrected chi connectivity index (χ2v) is 10.1. The summed E-state index contributed by atoms with van der Waals surface area (Å²) in [6.45, 7) is 3.20. The molecule has 0 radical (unpaired) electrons. The van der Waals surface area contributed by atoms with Crippen LogP contribution in [0.1, 0.15) is 21.5 Å². The van der Waals surface area contributed by atoms with E-state index in [1.807, 2.05) is 31.2 Å². The number of nitrogens with one attached hydrogen (secondary N) is 1. The quantitative estimate of drug-likeness (QED) is 0.488. The summed E-state index contributed by atoms with van der Waals surface area (Å²) < 4.78 is 17.3. The van der Waals surface area contributed by atoms with E-state index in [1.54, 1.807) is 42.5 Å². The second-order valence-electron chi connectivity index (χ2n) is 8.01. The van der Waals surface area contributed by atoms with Crippen LogP contribution in [0.3, 0.4) is 0 Å². The molecule has 1 amide bonds. The molecule has 0 unspecified atom stereocenters. The van der Waals surface area contributed by atoms with E-state index in [0.29, 0.717) is 39.1 Å². The van der Waals surface area contributed by atoms with Crippen LogP contribution in [0.2, 0.25) is 5.02 Å². The minimum atomic E-state index is -0.729. The fourth-order valence-electron chi connectivity index (χ4n) is 3.76. The van der Waals surface area contributed by atoms with Gasteiger partial charge in [-0.3, -0.25) is 13.8 Å². The maximum atomic E-state index is 12.9. The molecule has 8 heteroatoms. The zero-order valence-electron chi connectivity index (χ0n) is 18.8. The van der Waals surface area contributed by atoms with E-state index in [2.05, 4.69) is 10.2 Å². The lowest BCUT2D eigenvalue weighted by atomic mass is 10.0. The zero-order valence-corrected chi connectivity index (χ0v) is 20.3. The Morgan fingerprint density at radius 1 is 1.03 bits per heavy atom. The normalized spacial score (nSPS) is 14.0. The molecule has 4 rings (SSSR count). The van der Waals surface area contributed by atoms with Gasteiger partial charge in [-0.05, 0) is 48.9 Å². The Morgan fingerprint density at radius 2 is 1.76 bits per heavy atom. The summed E-state index contributed by atoms with van der Waals surface area (Å²) in [7, 11) is -0.729. The molecule has 1 aliphatic rings. The monoisotopic (exact) mass is 496 g/mol. The molecule has 3 aromatic carbocycles. The molecule has 0 saturated carbocycles. The number of hydrogen-bond acceptors (Lipinski definition) is 5. The summed E-state index contributed by atoms with van der Waals surface area (Å²) in [4.78, 5) is 27.7. The summed E-state index contributed by atoms with van der Waals surface area (Å²) in [5.74, 6) is 1.08. The fraction of sp³-hybridized carbons (Fsp3) is 0.231. The number of carbonyl (C=O) groups excluding carboxylic acids is 2. The summed E-state index contributed by atoms with van der Waals surface area (Å²) in [5, 5.41) is 3.28. The van der Waals surface area contributed by atoms with E-state index in [4.69, 9.17) is 16.3 Å². The third kappa shape index (κ3) is 5.85. The van der Waals surface area contributed by atoms with Crippen LogP contribution in [0.4, 0.5) is 11.4 Å². The lowest BCUT2D eigenvalue weighted by Gasteiger charge is -2.29. The predicted molar refractivity (Wildman–Crippen MR) is 137 cm³/mol. The lowest BCUT2D eigenvalue weighted by Crippen LogP contribution is -2.37. The number of aryl methyl sites for hydroxylation is 1. The molecule has 6 nitrogen and oxygen atoms in total. The molecule has 1 N–H and O–H groups in total. The molecule has 0 spiro atoms. The largest absolute Gasteiger partial charge is 0.483 e. The van der Waals surface area contributed by atoms with Crippen LogP contribution in [0.15, 0.2) is 66.7 Å². The van der Waals surface area contributed by atoms with E-state index >= 15 is 0 Å². The van der Waals surface area contributed by atoms with Crippen molar-refractivity contribution in [2.24, 2.45) is 0 Å². The van der Waals surface area contributed by atoms with Crippen molar-refractivity contribution in [1.29, 1.82) is 0 Å². The maximum Gasteiger partial charge on any atom is 0.262 e. The first kappa shape index (κ1) is 24.0. The van der Waals surface area contributed by atoms with Crippen molar-refractivity contribution in [3.8, 4) is 5.75 Å². The molecule has 3 aromatic rings. The average Bonchev–Trinajstić information content (AvgIpc) is 2.85. The summed E-state index contributed by atoms with van der Waals surface area (Å²) in [6.07, 6.45) is 0. The highest BCUT2D eigenvalue weighted by molar-refractivity contribution is 7.85. The number of hydrogen-bond donors (Lipinski definition) is 1. The van der Waals surface area contributed by atoms with Crippen LogP contribution >= 0.6 is 11.6 Å². The molecular weight excluding hydrogens is 472 g/mol. The van der Waals surface area contributed by atoms with Crippen molar-refractivity contribution < 1.29 is 18.5 Å². The SMILES string of the molecule is Cc1cc(N2CCS(=O)CC2)ccc1NC(=O)COc1ccc(Cl)cc1C(=O)c1ccccc1. The molecule has 0 atom stereocenters. The first-order valence-corrected chi connectivity index (χ1v) is 12.8. The molecular formula is C26H25ClN2O4S. The highest BCUT2D eigenvalue weighted by Gasteiger charge is 2.18. The predicted octanol–water partition coefficient (Wildman–Crippen LogP) is 4.47. The number of amides is 1. The average molecular weight is 497 g/mol. The molecule has 0 aromatic heterocycles. The topological polar surface area (TPSA) is 75.7 Å². The van der Waals surface area contributed by atoms with Crippen molar-refractivity contribution in [3.05, 3.63) is 88.4 Å². The minimum Gasteiger partial charge on any atom is -0.483 e. The molecule has 0 bridgehead atoms. The van der Waals surface area contributed by atoms with Crippen molar-refractivity contribution in [1.82, 2.24) is 0 Å². The van der Waals surface area contributed by atoms with Crippen LogP contribution in [-0.2, 0) is 15.6 Å². The number of carbonyl (C=O) groups is 2. The Balaban J connectivity index is 1.41. The number of rotatable bonds is 7. The molecule has 34 heavy (non-hydrogen) atoms. The Kier molecular flexibility index (Phi) is 7.65. The number of ketones is 1. The van der Waals surface area contributed by atoms with Gasteiger partial charge in [0.2, 0.25) is 0 Å². The van der Waals surface area contributed by atoms with Crippen molar-refractivity contribution in [3.63, 3.8) is 0 Å². The van der Waals surface area contributed by atoms with Crippen molar-refractivity contribution >= 4 is 45.5 Å². The van der Waals surface area contributed by atoms with Gasteiger partial charge >= 0.3 is 0 Å². The van der Waals surface area contributed by atoms with Gasteiger partial charge in [-0.2, -0.15) is 0 Å². The van der Waals surface area contributed by atoms with Crippen molar-refractivity contribution in [2.45, 2.75) is 6.92 Å². The Morgan fingerprint density at radius 3 is 2.47 bits per heavy atom. The highest BCUT2D eigenvalue weighted by Crippen LogP contribution is 2.27. The van der Waals surface area contributed by atoms with Gasteiger partial charge in [0.15, 0.2) is 12.4 Å². The first-order valence-electron chi connectivity index (χ1n) is 10.9. The molecule has 176 valence electrons. The standard InChI is InChI=1S/C26H25ClN2O4S/c1-18-15-21(29-11-13-34(32)14-12-29)8-9-23(18)28-25(30)17-33-24-10-7-20(27)16-22(24)26(31)19-5-3-2-4-6-19/h2-10,15-16H,11-14,17H2,1H3,(H,28,30). The third-order valence-electron chi connectivity index (χ3n) is 5.61. The van der Waals surface area contributed by atoms with Gasteiger partial charge in [-0.15, -0.1) is 0 Å². The van der Waals surface area contributed by atoms with Gasteiger partial charge in [0.1, 0.15) is 5.75 Å². The fourth-order valence-corrected chi connectivity index (χ4v) is 4.99. The number of nitrogens with zero attached hydrogens (tertiary/aromatic N) is 1. The smallest absolute Gasteiger partial charge is 0.262 e. The third-order valence-corrected chi connectivity index (χ3v) is 7.12. The van der Waals surface area contributed by atoms with Gasteiger partial charge in [0.25, 0.3) is 5.91 Å². The minimum absolute atomic E-state index is 0.230. The van der Waals surface area contributed by atoms with Gasteiger partial charge in [-0.1, -0.05) is 41.9 Å². The summed E-state index contributed by atoms with van der Waals surface area (Å²) in [5.41, 5.74) is 3.47. The Labute approximate surface area is 206 Å². The molecule has 1 saturated heterocycles. The molecule has 1 aliphatic heterocycles. The number of halogens is 1. The highest BCUT2D eigenvalue weighted by atomic mass is 35.5. The second kappa shape index (κ2) is 10.8. The van der Waals surface area contributed by atoms with E-state index in [1.165, 1.54) is 0 Å². The molecule has 0 aliphatic carbocycles. The van der Waals surface area contributed by atoms with Gasteiger partial charge < -0.3 is 15.0 Å². The van der Waals surface area contributed by atoms with E-state index in [0.717, 1.165) is 24.3 Å². The molecule has 1 fully saturated rings. The zero-order chi connectivity index (χ0) is 24.1. The van der Waals surface area contributed by atoms with Crippen LogP contribution in [-0.4, -0.2) is 47.1 Å². The first-order chi connectivity index (χ1) is 16.4. The van der Waals surface area contributed by atoms with Crippen LogP contribution < -0.4 is 15.0 Å². The van der Waals surface area contributed by atoms with Gasteiger partial charge in [-0.25, -0.2) is 0 Å². The number of benzene rings is 3. The lowest BCUT2D eigenvalue weighted by molar-refractivity contribution is -0.118. The van der Waals surface area contributed by atoms with Gasteiger partial charge in [0, 0.05) is 57.4 Å². The maximum absolute atomic E-state index is 12.9. The van der Waals surface area contributed by atoms with E-state index in [-0.39, 0.29) is 18.3 Å². The van der Waals surface area contributed by atoms with E-state index < -0.39 is 10.8 Å². The summed E-state index contributed by atoms with van der Waals surface area (Å²) >= 11 is 6.11. The van der Waals surface area contributed by atoms with E-state index in [9.17, 15) is 13.8 Å². The van der Waals surface area contributed by atoms with Crippen LogP contribution in [0.25, 0.3) is 0 Å². The number of ether oxygens (including phenoxy) is 1. The Hall–Kier alpha value is -3.16. The van der Waals surface area contributed by atoms with Crippen molar-refractivity contribution in [2.75, 3.05) is 41.4 Å². The van der Waals surface area contributed by atoms with Crippen LogP contribution in [0, 0.1) is 6.92 Å². The number of anilines is 2.